The summed E-state index contributed by atoms with van der Waals surface area (Å²) in [6.45, 7) is 3.07. The molecule has 0 saturated heterocycles. The van der Waals surface area contributed by atoms with Gasteiger partial charge < -0.3 is 15.8 Å². The Morgan fingerprint density at radius 2 is 1.78 bits per heavy atom. The lowest BCUT2D eigenvalue weighted by molar-refractivity contribution is -0.119. The van der Waals surface area contributed by atoms with Crippen molar-refractivity contribution in [2.45, 2.75) is 32.4 Å². The van der Waals surface area contributed by atoms with Crippen molar-refractivity contribution in [1.82, 2.24) is 5.32 Å². The molecule has 0 aliphatic heterocycles. The Bertz CT molecular complexity index is 597. The van der Waals surface area contributed by atoms with Gasteiger partial charge in [-0.05, 0) is 43.0 Å². The lowest BCUT2D eigenvalue weighted by atomic mass is 10.1. The largest absolute Gasteiger partial charge is 0.494 e. The van der Waals surface area contributed by atoms with E-state index in [9.17, 15) is 4.79 Å². The molecule has 23 heavy (non-hydrogen) atoms. The van der Waals surface area contributed by atoms with Crippen molar-refractivity contribution in [2.75, 3.05) is 6.61 Å². The van der Waals surface area contributed by atoms with Gasteiger partial charge in [-0.25, -0.2) is 0 Å². The van der Waals surface area contributed by atoms with Crippen LogP contribution in [0.25, 0.3) is 0 Å². The number of benzene rings is 2. The SMILES string of the molecule is C[C@H](NCc1ccc(OCCCc2ccccc2)cc1)C(N)=O. The highest BCUT2D eigenvalue weighted by Gasteiger charge is 2.06. The van der Waals surface area contributed by atoms with Gasteiger partial charge in [0.15, 0.2) is 0 Å². The number of nitrogens with two attached hydrogens (primary N) is 1. The van der Waals surface area contributed by atoms with E-state index in [1.807, 2.05) is 30.3 Å². The first-order valence-electron chi connectivity index (χ1n) is 7.93. The molecule has 2 rings (SSSR count). The van der Waals surface area contributed by atoms with Gasteiger partial charge in [-0.3, -0.25) is 4.79 Å². The number of carbonyl (C=O) groups is 1. The van der Waals surface area contributed by atoms with E-state index in [0.717, 1.165) is 24.2 Å². The summed E-state index contributed by atoms with van der Waals surface area (Å²) in [5, 5.41) is 3.07. The maximum Gasteiger partial charge on any atom is 0.234 e. The Kier molecular flexibility index (Phi) is 6.63. The maximum absolute atomic E-state index is 11.0. The molecule has 3 N–H and O–H groups in total. The summed E-state index contributed by atoms with van der Waals surface area (Å²) in [5.74, 6) is 0.521. The molecule has 4 nitrogen and oxygen atoms in total. The third-order valence-corrected chi connectivity index (χ3v) is 3.68. The van der Waals surface area contributed by atoms with Gasteiger partial charge in [-0.2, -0.15) is 0 Å². The van der Waals surface area contributed by atoms with Gasteiger partial charge in [-0.15, -0.1) is 0 Å². The highest BCUT2D eigenvalue weighted by molar-refractivity contribution is 5.79. The van der Waals surface area contributed by atoms with Gasteiger partial charge in [-0.1, -0.05) is 42.5 Å². The summed E-state index contributed by atoms with van der Waals surface area (Å²) < 4.78 is 5.75. The predicted octanol–water partition coefficient (Wildman–Crippen LogP) is 2.66. The summed E-state index contributed by atoms with van der Waals surface area (Å²) in [5.41, 5.74) is 7.64. The van der Waals surface area contributed by atoms with Gasteiger partial charge in [0.25, 0.3) is 0 Å². The molecule has 0 spiro atoms. The molecule has 0 aliphatic carbocycles. The molecule has 0 radical (unpaired) electrons. The quantitative estimate of drug-likeness (QED) is 0.700. The molecule has 4 heteroatoms. The molecule has 0 unspecified atom stereocenters. The fourth-order valence-electron chi connectivity index (χ4n) is 2.19. The van der Waals surface area contributed by atoms with Crippen LogP contribution in [0.4, 0.5) is 0 Å². The summed E-state index contributed by atoms with van der Waals surface area (Å²) in [7, 11) is 0. The third-order valence-electron chi connectivity index (χ3n) is 3.68. The lowest BCUT2D eigenvalue weighted by Crippen LogP contribution is -2.38. The molecule has 0 bridgehead atoms. The van der Waals surface area contributed by atoms with Crippen molar-refractivity contribution in [3.8, 4) is 5.75 Å². The van der Waals surface area contributed by atoms with Crippen molar-refractivity contribution >= 4 is 5.91 Å². The van der Waals surface area contributed by atoms with Gasteiger partial charge in [0.1, 0.15) is 5.75 Å². The molecular formula is C19H24N2O2. The second-order valence-corrected chi connectivity index (χ2v) is 5.59. The summed E-state index contributed by atoms with van der Waals surface area (Å²) in [4.78, 5) is 11.0. The minimum Gasteiger partial charge on any atom is -0.494 e. The Labute approximate surface area is 137 Å². The molecule has 1 atom stereocenters. The first kappa shape index (κ1) is 17.0. The molecule has 0 aromatic heterocycles. The van der Waals surface area contributed by atoms with Crippen LogP contribution in [0.3, 0.4) is 0 Å². The number of rotatable bonds is 9. The first-order chi connectivity index (χ1) is 11.1. The zero-order valence-corrected chi connectivity index (χ0v) is 13.5. The van der Waals surface area contributed by atoms with Crippen LogP contribution in [0.15, 0.2) is 54.6 Å². The number of primary amides is 1. The van der Waals surface area contributed by atoms with E-state index in [0.29, 0.717) is 13.2 Å². The average Bonchev–Trinajstić information content (AvgIpc) is 2.58. The van der Waals surface area contributed by atoms with Crippen LogP contribution < -0.4 is 15.8 Å². The second-order valence-electron chi connectivity index (χ2n) is 5.59. The molecule has 2 aromatic rings. The number of amides is 1. The molecule has 0 aliphatic rings. The van der Waals surface area contributed by atoms with Crippen molar-refractivity contribution < 1.29 is 9.53 Å². The Hall–Kier alpha value is -2.33. The smallest absolute Gasteiger partial charge is 0.234 e. The van der Waals surface area contributed by atoms with Crippen LogP contribution in [-0.4, -0.2) is 18.6 Å². The van der Waals surface area contributed by atoms with E-state index in [2.05, 4.69) is 29.6 Å². The van der Waals surface area contributed by atoms with Crippen LogP contribution in [0.1, 0.15) is 24.5 Å². The number of hydrogen-bond donors (Lipinski definition) is 2. The third kappa shape index (κ3) is 6.12. The number of hydrogen-bond acceptors (Lipinski definition) is 3. The van der Waals surface area contributed by atoms with E-state index >= 15 is 0 Å². The summed E-state index contributed by atoms with van der Waals surface area (Å²) in [6.07, 6.45) is 2.01. The lowest BCUT2D eigenvalue weighted by Gasteiger charge is -2.11. The number of ether oxygens (including phenoxy) is 1. The van der Waals surface area contributed by atoms with Gasteiger partial charge in [0, 0.05) is 6.54 Å². The molecule has 0 saturated carbocycles. The molecule has 0 fully saturated rings. The molecule has 0 heterocycles. The van der Waals surface area contributed by atoms with Crippen molar-refractivity contribution in [2.24, 2.45) is 5.73 Å². The van der Waals surface area contributed by atoms with Crippen LogP contribution in [0.5, 0.6) is 5.75 Å². The van der Waals surface area contributed by atoms with E-state index in [1.54, 1.807) is 6.92 Å². The predicted molar refractivity (Wildman–Crippen MR) is 92.2 cm³/mol. The molecule has 1 amide bonds. The van der Waals surface area contributed by atoms with Gasteiger partial charge >= 0.3 is 0 Å². The van der Waals surface area contributed by atoms with Crippen molar-refractivity contribution in [3.63, 3.8) is 0 Å². The summed E-state index contributed by atoms with van der Waals surface area (Å²) in [6, 6.07) is 18.0. The number of nitrogens with one attached hydrogen (secondary N) is 1. The fraction of sp³-hybridized carbons (Fsp3) is 0.316. The normalized spacial score (nSPS) is 11.9. The van der Waals surface area contributed by atoms with Gasteiger partial charge in [0.2, 0.25) is 5.91 Å². The van der Waals surface area contributed by atoms with Crippen LogP contribution in [0, 0.1) is 0 Å². The monoisotopic (exact) mass is 312 g/mol. The minimum absolute atomic E-state index is 0.330. The zero-order chi connectivity index (χ0) is 16.5. The first-order valence-corrected chi connectivity index (χ1v) is 7.93. The molecule has 122 valence electrons. The zero-order valence-electron chi connectivity index (χ0n) is 13.5. The Morgan fingerprint density at radius 1 is 1.09 bits per heavy atom. The minimum atomic E-state index is -0.344. The standard InChI is InChI=1S/C19H24N2O2/c1-15(19(20)22)21-14-17-9-11-18(12-10-17)23-13-5-8-16-6-3-2-4-7-16/h2-4,6-7,9-12,15,21H,5,8,13-14H2,1H3,(H2,20,22)/t15-/m0/s1. The van der Waals surface area contributed by atoms with Crippen molar-refractivity contribution in [3.05, 3.63) is 65.7 Å². The van der Waals surface area contributed by atoms with Crippen LogP contribution in [0.2, 0.25) is 0 Å². The molecule has 2 aromatic carbocycles. The van der Waals surface area contributed by atoms with E-state index in [4.69, 9.17) is 10.5 Å². The number of carbonyl (C=O) groups excluding carboxylic acids is 1. The van der Waals surface area contributed by atoms with E-state index < -0.39 is 0 Å². The Balaban J connectivity index is 1.69. The van der Waals surface area contributed by atoms with Crippen molar-refractivity contribution in [1.29, 1.82) is 0 Å². The highest BCUT2D eigenvalue weighted by atomic mass is 16.5. The van der Waals surface area contributed by atoms with Crippen LogP contribution in [-0.2, 0) is 17.8 Å². The van der Waals surface area contributed by atoms with Gasteiger partial charge in [0.05, 0.1) is 12.6 Å². The Morgan fingerprint density at radius 3 is 2.43 bits per heavy atom. The summed E-state index contributed by atoms with van der Waals surface area (Å²) >= 11 is 0. The maximum atomic E-state index is 11.0. The van der Waals surface area contributed by atoms with Crippen LogP contribution >= 0.6 is 0 Å². The number of aryl methyl sites for hydroxylation is 1. The fourth-order valence-corrected chi connectivity index (χ4v) is 2.19. The molecular weight excluding hydrogens is 288 g/mol. The topological polar surface area (TPSA) is 64.3 Å². The van der Waals surface area contributed by atoms with E-state index in [-0.39, 0.29) is 11.9 Å². The average molecular weight is 312 g/mol. The second kappa shape index (κ2) is 8.96. The highest BCUT2D eigenvalue weighted by Crippen LogP contribution is 2.13. The van der Waals surface area contributed by atoms with E-state index in [1.165, 1.54) is 5.56 Å².